The molecule has 2 nitrogen and oxygen atoms in total. The summed E-state index contributed by atoms with van der Waals surface area (Å²) in [5.74, 6) is 0.171. The van der Waals surface area contributed by atoms with Gasteiger partial charge in [0.25, 0.3) is 0 Å². The maximum atomic E-state index is 12.1. The van der Waals surface area contributed by atoms with Gasteiger partial charge in [0.1, 0.15) is 0 Å². The third kappa shape index (κ3) is 2.62. The van der Waals surface area contributed by atoms with Gasteiger partial charge in [0.05, 0.1) is 0 Å². The molecule has 0 saturated heterocycles. The molecule has 0 aliphatic heterocycles. The fraction of sp³-hybridized carbons (Fsp3) is 0.214. The lowest BCUT2D eigenvalue weighted by molar-refractivity contribution is 0.0992. The van der Waals surface area contributed by atoms with Gasteiger partial charge in [0.2, 0.25) is 0 Å². The molecular weight excluding hydrogens is 230 g/mol. The van der Waals surface area contributed by atoms with Crippen LogP contribution in [0, 0.1) is 6.92 Å². The Morgan fingerprint density at radius 2 is 1.94 bits per heavy atom. The van der Waals surface area contributed by atoms with Gasteiger partial charge in [-0.2, -0.15) is 0 Å². The van der Waals surface area contributed by atoms with E-state index < -0.39 is 0 Å². The zero-order valence-electron chi connectivity index (χ0n) is 9.77. The number of hydrogen-bond acceptors (Lipinski definition) is 3. The number of nitrogens with two attached hydrogens (primary N) is 1. The van der Waals surface area contributed by atoms with E-state index in [1.807, 2.05) is 42.6 Å². The SMILES string of the molecule is Cc1sccc1C(=O)Cc1ccccc1CN. The molecule has 0 bridgehead atoms. The van der Waals surface area contributed by atoms with Crippen LogP contribution in [0.3, 0.4) is 0 Å². The van der Waals surface area contributed by atoms with E-state index >= 15 is 0 Å². The van der Waals surface area contributed by atoms with E-state index in [0.29, 0.717) is 13.0 Å². The molecule has 1 aromatic carbocycles. The van der Waals surface area contributed by atoms with Crippen LogP contribution in [-0.2, 0) is 13.0 Å². The van der Waals surface area contributed by atoms with Crippen LogP contribution in [0.2, 0.25) is 0 Å². The predicted molar refractivity (Wildman–Crippen MR) is 71.4 cm³/mol. The number of rotatable bonds is 4. The Morgan fingerprint density at radius 1 is 1.24 bits per heavy atom. The van der Waals surface area contributed by atoms with Gasteiger partial charge in [0, 0.05) is 23.4 Å². The number of Topliss-reactive ketones (excluding diaryl/α,β-unsaturated/α-hetero) is 1. The Hall–Kier alpha value is -1.45. The minimum absolute atomic E-state index is 0.171. The monoisotopic (exact) mass is 245 g/mol. The third-order valence-electron chi connectivity index (χ3n) is 2.85. The molecule has 1 aromatic heterocycles. The second-order valence-corrected chi connectivity index (χ2v) is 5.08. The summed E-state index contributed by atoms with van der Waals surface area (Å²) in [4.78, 5) is 13.2. The maximum absolute atomic E-state index is 12.1. The highest BCUT2D eigenvalue weighted by atomic mass is 32.1. The molecule has 0 aliphatic carbocycles. The van der Waals surface area contributed by atoms with Crippen molar-refractivity contribution in [2.24, 2.45) is 5.73 Å². The molecule has 0 fully saturated rings. The van der Waals surface area contributed by atoms with Crippen molar-refractivity contribution in [3.05, 3.63) is 57.3 Å². The number of carbonyl (C=O) groups is 1. The van der Waals surface area contributed by atoms with Crippen LogP contribution in [0.5, 0.6) is 0 Å². The zero-order valence-corrected chi connectivity index (χ0v) is 10.6. The van der Waals surface area contributed by atoms with Crippen molar-refractivity contribution in [2.75, 3.05) is 0 Å². The van der Waals surface area contributed by atoms with Crippen molar-refractivity contribution < 1.29 is 4.79 Å². The molecule has 17 heavy (non-hydrogen) atoms. The summed E-state index contributed by atoms with van der Waals surface area (Å²) in [6.45, 7) is 2.46. The summed E-state index contributed by atoms with van der Waals surface area (Å²) in [5.41, 5.74) is 8.58. The van der Waals surface area contributed by atoms with E-state index in [1.165, 1.54) is 0 Å². The minimum atomic E-state index is 0.171. The van der Waals surface area contributed by atoms with Crippen molar-refractivity contribution in [1.82, 2.24) is 0 Å². The summed E-state index contributed by atoms with van der Waals surface area (Å²) < 4.78 is 0. The molecule has 2 N–H and O–H groups in total. The molecule has 0 radical (unpaired) electrons. The van der Waals surface area contributed by atoms with Gasteiger partial charge in [-0.05, 0) is 29.5 Å². The van der Waals surface area contributed by atoms with Crippen LogP contribution in [0.25, 0.3) is 0 Å². The van der Waals surface area contributed by atoms with E-state index in [1.54, 1.807) is 11.3 Å². The van der Waals surface area contributed by atoms with Crippen molar-refractivity contribution in [3.63, 3.8) is 0 Å². The number of ketones is 1. The maximum Gasteiger partial charge on any atom is 0.168 e. The van der Waals surface area contributed by atoms with Crippen LogP contribution < -0.4 is 5.73 Å². The van der Waals surface area contributed by atoms with Crippen LogP contribution >= 0.6 is 11.3 Å². The highest BCUT2D eigenvalue weighted by molar-refractivity contribution is 7.10. The highest BCUT2D eigenvalue weighted by Gasteiger charge is 2.12. The van der Waals surface area contributed by atoms with Crippen LogP contribution in [0.4, 0.5) is 0 Å². The van der Waals surface area contributed by atoms with Gasteiger partial charge in [-0.3, -0.25) is 4.79 Å². The summed E-state index contributed by atoms with van der Waals surface area (Å²) in [5, 5.41) is 1.96. The summed E-state index contributed by atoms with van der Waals surface area (Å²) in [6.07, 6.45) is 0.435. The Bertz CT molecular complexity index is 531. The van der Waals surface area contributed by atoms with E-state index in [-0.39, 0.29) is 5.78 Å². The molecule has 0 unspecified atom stereocenters. The fourth-order valence-electron chi connectivity index (χ4n) is 1.87. The molecule has 0 aliphatic rings. The molecule has 0 saturated carbocycles. The largest absolute Gasteiger partial charge is 0.326 e. The lowest BCUT2D eigenvalue weighted by Gasteiger charge is -2.06. The van der Waals surface area contributed by atoms with E-state index in [4.69, 9.17) is 5.73 Å². The molecule has 2 aromatic rings. The fourth-order valence-corrected chi connectivity index (χ4v) is 2.59. The number of thiophene rings is 1. The first-order valence-electron chi connectivity index (χ1n) is 5.56. The molecule has 1 heterocycles. The molecule has 2 rings (SSSR count). The molecule has 88 valence electrons. The Labute approximate surface area is 105 Å². The predicted octanol–water partition coefficient (Wildman–Crippen LogP) is 2.94. The van der Waals surface area contributed by atoms with E-state index in [2.05, 4.69) is 0 Å². The first-order valence-corrected chi connectivity index (χ1v) is 6.44. The van der Waals surface area contributed by atoms with Gasteiger partial charge in [-0.1, -0.05) is 24.3 Å². The van der Waals surface area contributed by atoms with Crippen molar-refractivity contribution in [2.45, 2.75) is 19.9 Å². The van der Waals surface area contributed by atoms with Crippen LogP contribution in [-0.4, -0.2) is 5.78 Å². The first kappa shape index (κ1) is 12.0. The quantitative estimate of drug-likeness (QED) is 0.842. The van der Waals surface area contributed by atoms with Gasteiger partial charge >= 0.3 is 0 Å². The number of hydrogen-bond donors (Lipinski definition) is 1. The smallest absolute Gasteiger partial charge is 0.168 e. The molecular formula is C14H15NOS. The normalized spacial score (nSPS) is 10.5. The molecule has 0 atom stereocenters. The van der Waals surface area contributed by atoms with Gasteiger partial charge in [0.15, 0.2) is 5.78 Å². The topological polar surface area (TPSA) is 43.1 Å². The molecule has 0 spiro atoms. The lowest BCUT2D eigenvalue weighted by atomic mass is 9.99. The Balaban J connectivity index is 2.22. The number of benzene rings is 1. The van der Waals surface area contributed by atoms with E-state index in [9.17, 15) is 4.79 Å². The van der Waals surface area contributed by atoms with Crippen molar-refractivity contribution in [1.29, 1.82) is 0 Å². The van der Waals surface area contributed by atoms with E-state index in [0.717, 1.165) is 21.6 Å². The van der Waals surface area contributed by atoms with Crippen LogP contribution in [0.1, 0.15) is 26.4 Å². The average Bonchev–Trinajstić information content (AvgIpc) is 2.76. The van der Waals surface area contributed by atoms with Crippen LogP contribution in [0.15, 0.2) is 35.7 Å². The minimum Gasteiger partial charge on any atom is -0.326 e. The molecule has 3 heteroatoms. The molecule has 0 amide bonds. The Kier molecular flexibility index (Phi) is 3.71. The second-order valence-electron chi connectivity index (χ2n) is 3.96. The standard InChI is InChI=1S/C14H15NOS/c1-10-13(6-7-17-10)14(16)8-11-4-2-3-5-12(11)9-15/h2-7H,8-9,15H2,1H3. The van der Waals surface area contributed by atoms with Gasteiger partial charge in [-0.25, -0.2) is 0 Å². The summed E-state index contributed by atoms with van der Waals surface area (Å²) >= 11 is 1.61. The Morgan fingerprint density at radius 3 is 2.53 bits per heavy atom. The second kappa shape index (κ2) is 5.25. The van der Waals surface area contributed by atoms with Gasteiger partial charge < -0.3 is 5.73 Å². The number of carbonyl (C=O) groups excluding carboxylic acids is 1. The lowest BCUT2D eigenvalue weighted by Crippen LogP contribution is -2.08. The highest BCUT2D eigenvalue weighted by Crippen LogP contribution is 2.18. The summed E-state index contributed by atoms with van der Waals surface area (Å²) in [7, 11) is 0. The number of aryl methyl sites for hydroxylation is 1. The zero-order chi connectivity index (χ0) is 12.3. The van der Waals surface area contributed by atoms with Crippen molar-refractivity contribution >= 4 is 17.1 Å². The third-order valence-corrected chi connectivity index (χ3v) is 3.69. The average molecular weight is 245 g/mol. The van der Waals surface area contributed by atoms with Gasteiger partial charge in [-0.15, -0.1) is 11.3 Å². The summed E-state index contributed by atoms with van der Waals surface area (Å²) in [6, 6.07) is 9.74. The van der Waals surface area contributed by atoms with Crippen molar-refractivity contribution in [3.8, 4) is 0 Å². The first-order chi connectivity index (χ1) is 8.22.